The molecule has 0 aliphatic carbocycles. The van der Waals surface area contributed by atoms with Crippen LogP contribution in [0.3, 0.4) is 0 Å². The predicted molar refractivity (Wildman–Crippen MR) is 133 cm³/mol. The minimum atomic E-state index is 0.336. The number of amides is 1. The normalized spacial score (nSPS) is 14.4. The molecule has 1 aromatic heterocycles. The monoisotopic (exact) mass is 450 g/mol. The molecule has 1 amide bonds. The van der Waals surface area contributed by atoms with Crippen molar-refractivity contribution in [1.29, 1.82) is 0 Å². The highest BCUT2D eigenvalue weighted by Crippen LogP contribution is 2.21. The van der Waals surface area contributed by atoms with Gasteiger partial charge in [0.25, 0.3) is 0 Å². The summed E-state index contributed by atoms with van der Waals surface area (Å²) >= 11 is 1.64. The molecule has 1 fully saturated rings. The summed E-state index contributed by atoms with van der Waals surface area (Å²) in [7, 11) is 0. The lowest BCUT2D eigenvalue weighted by molar-refractivity contribution is -0.131. The van der Waals surface area contributed by atoms with Gasteiger partial charge in [-0.05, 0) is 13.3 Å². The molecular formula is C25H46N4OS. The molecule has 2 rings (SSSR count). The average molecular weight is 451 g/mol. The molecular weight excluding hydrogens is 404 g/mol. The number of unbranched alkanes of at least 4 members (excludes halogenated alkanes) is 14. The van der Waals surface area contributed by atoms with Crippen LogP contribution in [0.5, 0.6) is 0 Å². The van der Waals surface area contributed by atoms with E-state index in [2.05, 4.69) is 22.0 Å². The summed E-state index contributed by atoms with van der Waals surface area (Å²) in [5, 5.41) is 10.3. The molecule has 31 heavy (non-hydrogen) atoms. The van der Waals surface area contributed by atoms with Crippen molar-refractivity contribution >= 4 is 22.4 Å². The van der Waals surface area contributed by atoms with Gasteiger partial charge in [-0.1, -0.05) is 108 Å². The topological polar surface area (TPSA) is 49.3 Å². The fourth-order valence-corrected chi connectivity index (χ4v) is 5.11. The highest BCUT2D eigenvalue weighted by atomic mass is 32.1. The SMILES string of the molecule is CCCCCCCCCCCCCCCCCC(=O)N1CCN(c2nnc(C)s2)CC1. The van der Waals surface area contributed by atoms with Crippen LogP contribution in [0.15, 0.2) is 0 Å². The zero-order valence-corrected chi connectivity index (χ0v) is 21.1. The van der Waals surface area contributed by atoms with Crippen molar-refractivity contribution in [3.63, 3.8) is 0 Å². The zero-order valence-electron chi connectivity index (χ0n) is 20.2. The van der Waals surface area contributed by atoms with E-state index in [1.807, 2.05) is 11.8 Å². The highest BCUT2D eigenvalue weighted by molar-refractivity contribution is 7.15. The van der Waals surface area contributed by atoms with Crippen LogP contribution in [-0.4, -0.2) is 47.2 Å². The lowest BCUT2D eigenvalue weighted by Gasteiger charge is -2.34. The van der Waals surface area contributed by atoms with E-state index < -0.39 is 0 Å². The summed E-state index contributed by atoms with van der Waals surface area (Å²) in [5.74, 6) is 0.336. The number of hydrogen-bond acceptors (Lipinski definition) is 5. The van der Waals surface area contributed by atoms with Crippen molar-refractivity contribution in [3.8, 4) is 0 Å². The Balaban J connectivity index is 1.36. The molecule has 0 atom stereocenters. The Bertz CT molecular complexity index is 584. The maximum atomic E-state index is 12.5. The first-order valence-corrected chi connectivity index (χ1v) is 13.8. The van der Waals surface area contributed by atoms with Crippen molar-refractivity contribution in [1.82, 2.24) is 15.1 Å². The van der Waals surface area contributed by atoms with E-state index in [1.54, 1.807) is 11.3 Å². The smallest absolute Gasteiger partial charge is 0.222 e. The number of aryl methyl sites for hydroxylation is 1. The zero-order chi connectivity index (χ0) is 22.2. The van der Waals surface area contributed by atoms with Crippen LogP contribution in [0.2, 0.25) is 0 Å². The number of rotatable bonds is 17. The molecule has 6 heteroatoms. The number of hydrogen-bond donors (Lipinski definition) is 0. The molecule has 0 radical (unpaired) electrons. The summed E-state index contributed by atoms with van der Waals surface area (Å²) in [4.78, 5) is 16.7. The Morgan fingerprint density at radius 2 is 1.23 bits per heavy atom. The van der Waals surface area contributed by atoms with Gasteiger partial charge in [-0.15, -0.1) is 10.2 Å². The minimum absolute atomic E-state index is 0.336. The molecule has 1 aromatic rings. The highest BCUT2D eigenvalue weighted by Gasteiger charge is 2.22. The molecule has 178 valence electrons. The quantitative estimate of drug-likeness (QED) is 0.246. The van der Waals surface area contributed by atoms with Crippen molar-refractivity contribution in [2.24, 2.45) is 0 Å². The Morgan fingerprint density at radius 3 is 1.68 bits per heavy atom. The molecule has 1 saturated heterocycles. The summed E-state index contributed by atoms with van der Waals surface area (Å²) < 4.78 is 0. The van der Waals surface area contributed by atoms with Gasteiger partial charge in [-0.3, -0.25) is 4.79 Å². The molecule has 1 aliphatic heterocycles. The van der Waals surface area contributed by atoms with E-state index in [9.17, 15) is 4.79 Å². The van der Waals surface area contributed by atoms with Crippen molar-refractivity contribution in [2.75, 3.05) is 31.1 Å². The van der Waals surface area contributed by atoms with Gasteiger partial charge in [-0.25, -0.2) is 0 Å². The standard InChI is InChI=1S/C25H46N4OS/c1-3-4-5-6-7-8-9-10-11-12-13-14-15-16-17-18-24(30)28-19-21-29(22-20-28)25-27-26-23(2)31-25/h3-22H2,1-2H3. The van der Waals surface area contributed by atoms with Gasteiger partial charge in [0.1, 0.15) is 5.01 Å². The molecule has 0 unspecified atom stereocenters. The second-order valence-corrected chi connectivity index (χ2v) is 10.3. The summed E-state index contributed by atoms with van der Waals surface area (Å²) in [6.07, 6.45) is 21.2. The van der Waals surface area contributed by atoms with E-state index in [0.29, 0.717) is 5.91 Å². The molecule has 5 nitrogen and oxygen atoms in total. The Kier molecular flexibility index (Phi) is 13.9. The minimum Gasteiger partial charge on any atom is -0.343 e. The Hall–Kier alpha value is -1.17. The Morgan fingerprint density at radius 1 is 0.742 bits per heavy atom. The number of anilines is 1. The Labute approximate surface area is 195 Å². The van der Waals surface area contributed by atoms with E-state index >= 15 is 0 Å². The first kappa shape index (κ1) is 26.1. The van der Waals surface area contributed by atoms with E-state index in [0.717, 1.165) is 49.2 Å². The first-order valence-electron chi connectivity index (χ1n) is 13.0. The summed E-state index contributed by atoms with van der Waals surface area (Å²) in [6, 6.07) is 0. The van der Waals surface area contributed by atoms with Gasteiger partial charge in [-0.2, -0.15) is 0 Å². The number of piperazine rings is 1. The maximum Gasteiger partial charge on any atom is 0.222 e. The van der Waals surface area contributed by atoms with E-state index in [1.165, 1.54) is 89.9 Å². The largest absolute Gasteiger partial charge is 0.343 e. The second-order valence-electron chi connectivity index (χ2n) is 9.17. The van der Waals surface area contributed by atoms with Crippen LogP contribution >= 0.6 is 11.3 Å². The number of carbonyl (C=O) groups is 1. The molecule has 0 aromatic carbocycles. The third kappa shape index (κ3) is 11.3. The third-order valence-electron chi connectivity index (χ3n) is 6.41. The maximum absolute atomic E-state index is 12.5. The van der Waals surface area contributed by atoms with Gasteiger partial charge >= 0.3 is 0 Å². The fraction of sp³-hybridized carbons (Fsp3) is 0.880. The first-order chi connectivity index (χ1) is 15.2. The molecule has 2 heterocycles. The number of aromatic nitrogens is 2. The van der Waals surface area contributed by atoms with Crippen LogP contribution in [0.4, 0.5) is 5.13 Å². The van der Waals surface area contributed by atoms with Crippen LogP contribution in [0, 0.1) is 6.92 Å². The van der Waals surface area contributed by atoms with Crippen molar-refractivity contribution in [3.05, 3.63) is 5.01 Å². The van der Waals surface area contributed by atoms with Gasteiger partial charge in [0.15, 0.2) is 0 Å². The predicted octanol–water partition coefficient (Wildman–Crippen LogP) is 6.76. The van der Waals surface area contributed by atoms with Crippen molar-refractivity contribution < 1.29 is 4.79 Å². The molecule has 0 N–H and O–H groups in total. The summed E-state index contributed by atoms with van der Waals surface area (Å²) in [5.41, 5.74) is 0. The molecule has 1 aliphatic rings. The average Bonchev–Trinajstić information content (AvgIpc) is 3.22. The lowest BCUT2D eigenvalue weighted by atomic mass is 10.0. The van der Waals surface area contributed by atoms with Crippen LogP contribution in [0.1, 0.15) is 115 Å². The fourth-order valence-electron chi connectivity index (χ4n) is 4.37. The lowest BCUT2D eigenvalue weighted by Crippen LogP contribution is -2.48. The van der Waals surface area contributed by atoms with Gasteiger partial charge in [0.05, 0.1) is 0 Å². The van der Waals surface area contributed by atoms with Crippen molar-refractivity contribution in [2.45, 2.75) is 117 Å². The van der Waals surface area contributed by atoms with Gasteiger partial charge in [0, 0.05) is 32.6 Å². The molecule has 0 saturated carbocycles. The van der Waals surface area contributed by atoms with Gasteiger partial charge < -0.3 is 9.80 Å². The van der Waals surface area contributed by atoms with E-state index in [-0.39, 0.29) is 0 Å². The molecule has 0 spiro atoms. The van der Waals surface area contributed by atoms with Crippen LogP contribution in [0.25, 0.3) is 0 Å². The van der Waals surface area contributed by atoms with Crippen LogP contribution < -0.4 is 4.90 Å². The number of nitrogens with zero attached hydrogens (tertiary/aromatic N) is 4. The molecule has 0 bridgehead atoms. The van der Waals surface area contributed by atoms with Crippen LogP contribution in [-0.2, 0) is 4.79 Å². The summed E-state index contributed by atoms with van der Waals surface area (Å²) in [6.45, 7) is 7.65. The van der Waals surface area contributed by atoms with Gasteiger partial charge in [0.2, 0.25) is 11.0 Å². The van der Waals surface area contributed by atoms with E-state index in [4.69, 9.17) is 0 Å². The third-order valence-corrected chi connectivity index (χ3v) is 7.31. The second kappa shape index (κ2) is 16.5. The number of carbonyl (C=O) groups excluding carboxylic acids is 1.